The summed E-state index contributed by atoms with van der Waals surface area (Å²) in [4.78, 5) is 25.2. The van der Waals surface area contributed by atoms with Crippen LogP contribution in [-0.4, -0.2) is 24.1 Å². The smallest absolute Gasteiger partial charge is 0.339 e. The Kier molecular flexibility index (Phi) is 6.95. The van der Waals surface area contributed by atoms with Gasteiger partial charge in [0.25, 0.3) is 5.91 Å². The minimum absolute atomic E-state index is 0.000755. The number of carbonyl (C=O) groups is 2. The van der Waals surface area contributed by atoms with E-state index < -0.39 is 11.9 Å². The minimum atomic E-state index is -1.16. The predicted molar refractivity (Wildman–Crippen MR) is 125 cm³/mol. The first-order chi connectivity index (χ1) is 13.7. The van der Waals surface area contributed by atoms with Crippen LogP contribution in [0.1, 0.15) is 20.7 Å². The van der Waals surface area contributed by atoms with Gasteiger partial charge >= 0.3 is 5.97 Å². The second-order valence-corrected chi connectivity index (χ2v) is 8.98. The van der Waals surface area contributed by atoms with Gasteiger partial charge in [-0.3, -0.25) is 4.79 Å². The third-order valence-corrected chi connectivity index (χ3v) is 6.74. The number of rotatable bonds is 5. The molecule has 0 bridgehead atoms. The summed E-state index contributed by atoms with van der Waals surface area (Å²) in [6, 6.07) is 8.73. The first-order valence-corrected chi connectivity index (χ1v) is 11.0. The number of carbonyl (C=O) groups excluding carboxylic acids is 1. The standard InChI is InChI=1S/C19H11Cl3INO4S/c1-28-16-11(20)6-10(14(21)15(16)22)18(25)24-12-7-29-17(13(12)19(26)27)8-3-2-4-9(23)5-8/h2-7H,1H3,(H,24,25)(H,26,27). The van der Waals surface area contributed by atoms with Crippen LogP contribution in [0.5, 0.6) is 5.75 Å². The monoisotopic (exact) mass is 581 g/mol. The lowest BCUT2D eigenvalue weighted by Gasteiger charge is -2.12. The summed E-state index contributed by atoms with van der Waals surface area (Å²) >= 11 is 21.8. The van der Waals surface area contributed by atoms with E-state index in [1.165, 1.54) is 24.5 Å². The molecule has 5 nitrogen and oxygen atoms in total. The van der Waals surface area contributed by atoms with E-state index in [0.29, 0.717) is 4.88 Å². The molecule has 3 rings (SSSR count). The molecule has 2 aromatic carbocycles. The van der Waals surface area contributed by atoms with Crippen LogP contribution >= 0.6 is 68.7 Å². The molecule has 29 heavy (non-hydrogen) atoms. The number of anilines is 1. The van der Waals surface area contributed by atoms with Crippen molar-refractivity contribution in [2.45, 2.75) is 0 Å². The lowest BCUT2D eigenvalue weighted by atomic mass is 10.1. The van der Waals surface area contributed by atoms with Crippen molar-refractivity contribution in [2.75, 3.05) is 12.4 Å². The maximum absolute atomic E-state index is 12.8. The number of ether oxygens (including phenoxy) is 1. The Bertz CT molecular complexity index is 1130. The molecular weight excluding hydrogens is 572 g/mol. The molecule has 0 aliphatic rings. The number of aromatic carboxylic acids is 1. The molecule has 150 valence electrons. The molecule has 0 fully saturated rings. The Hall–Kier alpha value is -1.52. The molecule has 1 heterocycles. The van der Waals surface area contributed by atoms with Crippen molar-refractivity contribution in [1.29, 1.82) is 0 Å². The molecule has 0 saturated carbocycles. The van der Waals surface area contributed by atoms with Gasteiger partial charge in [0, 0.05) is 8.95 Å². The number of carboxylic acids is 1. The van der Waals surface area contributed by atoms with Crippen molar-refractivity contribution < 1.29 is 19.4 Å². The number of halogens is 4. The maximum Gasteiger partial charge on any atom is 0.339 e. The van der Waals surface area contributed by atoms with Crippen molar-refractivity contribution in [2.24, 2.45) is 0 Å². The first kappa shape index (κ1) is 22.2. The summed E-state index contributed by atoms with van der Waals surface area (Å²) in [6.45, 7) is 0. The van der Waals surface area contributed by atoms with E-state index in [2.05, 4.69) is 27.9 Å². The van der Waals surface area contributed by atoms with Crippen LogP contribution < -0.4 is 10.1 Å². The van der Waals surface area contributed by atoms with Gasteiger partial charge in [-0.1, -0.05) is 46.9 Å². The first-order valence-electron chi connectivity index (χ1n) is 7.88. The average Bonchev–Trinajstić information content (AvgIpc) is 3.09. The summed E-state index contributed by atoms with van der Waals surface area (Å²) in [6.07, 6.45) is 0. The summed E-state index contributed by atoms with van der Waals surface area (Å²) in [5.74, 6) is -1.65. The Morgan fingerprint density at radius 1 is 1.17 bits per heavy atom. The molecule has 2 N–H and O–H groups in total. The molecule has 0 unspecified atom stereocenters. The molecule has 0 spiro atoms. The molecule has 0 radical (unpaired) electrons. The van der Waals surface area contributed by atoms with Crippen molar-refractivity contribution in [1.82, 2.24) is 0 Å². The number of carboxylic acid groups (broad SMARTS) is 1. The molecule has 1 aromatic heterocycles. The maximum atomic E-state index is 12.8. The summed E-state index contributed by atoms with van der Waals surface area (Å²) < 4.78 is 6.03. The molecule has 0 aliphatic carbocycles. The minimum Gasteiger partial charge on any atom is -0.494 e. The fraction of sp³-hybridized carbons (Fsp3) is 0.0526. The van der Waals surface area contributed by atoms with E-state index in [0.717, 1.165) is 9.13 Å². The van der Waals surface area contributed by atoms with Gasteiger partial charge in [-0.2, -0.15) is 0 Å². The normalized spacial score (nSPS) is 10.7. The Balaban J connectivity index is 2.01. The van der Waals surface area contributed by atoms with Crippen LogP contribution in [-0.2, 0) is 0 Å². The van der Waals surface area contributed by atoms with Gasteiger partial charge in [0.1, 0.15) is 10.6 Å². The van der Waals surface area contributed by atoms with Gasteiger partial charge in [0.2, 0.25) is 0 Å². The predicted octanol–water partition coefficient (Wildman–Crippen LogP) is 6.94. The van der Waals surface area contributed by atoms with E-state index in [-0.39, 0.29) is 37.6 Å². The fourth-order valence-electron chi connectivity index (χ4n) is 2.62. The van der Waals surface area contributed by atoms with Crippen LogP contribution in [0.4, 0.5) is 5.69 Å². The number of thiophene rings is 1. The van der Waals surface area contributed by atoms with Crippen LogP contribution in [0.15, 0.2) is 35.7 Å². The molecule has 3 aromatic rings. The number of hydrogen-bond donors (Lipinski definition) is 2. The van der Waals surface area contributed by atoms with E-state index in [9.17, 15) is 14.7 Å². The number of benzene rings is 2. The van der Waals surface area contributed by atoms with E-state index in [1.807, 2.05) is 24.3 Å². The summed E-state index contributed by atoms with van der Waals surface area (Å²) in [5, 5.41) is 13.9. The number of amides is 1. The fourth-order valence-corrected chi connectivity index (χ4v) is 4.99. The topological polar surface area (TPSA) is 75.6 Å². The van der Waals surface area contributed by atoms with Crippen LogP contribution in [0.2, 0.25) is 15.1 Å². The number of hydrogen-bond acceptors (Lipinski definition) is 4. The number of methoxy groups -OCH3 is 1. The highest BCUT2D eigenvalue weighted by atomic mass is 127. The van der Waals surface area contributed by atoms with Gasteiger partial charge < -0.3 is 15.2 Å². The zero-order valence-corrected chi connectivity index (χ0v) is 19.8. The third kappa shape index (κ3) is 4.49. The quantitative estimate of drug-likeness (QED) is 0.253. The highest BCUT2D eigenvalue weighted by Gasteiger charge is 2.24. The molecular formula is C19H11Cl3INO4S. The molecule has 10 heteroatoms. The van der Waals surface area contributed by atoms with Gasteiger partial charge in [0.05, 0.1) is 33.3 Å². The van der Waals surface area contributed by atoms with Crippen LogP contribution in [0.3, 0.4) is 0 Å². The zero-order chi connectivity index (χ0) is 21.3. The second-order valence-electron chi connectivity index (χ2n) is 5.69. The Labute approximate surface area is 198 Å². The Morgan fingerprint density at radius 2 is 1.90 bits per heavy atom. The summed E-state index contributed by atoms with van der Waals surface area (Å²) in [5.41, 5.74) is 0.891. The summed E-state index contributed by atoms with van der Waals surface area (Å²) in [7, 11) is 1.37. The van der Waals surface area contributed by atoms with E-state index in [1.54, 1.807) is 5.38 Å². The van der Waals surface area contributed by atoms with Gasteiger partial charge in [-0.05, 0) is 46.4 Å². The highest BCUT2D eigenvalue weighted by molar-refractivity contribution is 14.1. The van der Waals surface area contributed by atoms with Crippen molar-refractivity contribution in [3.8, 4) is 16.2 Å². The SMILES string of the molecule is COc1c(Cl)cc(C(=O)Nc2csc(-c3cccc(I)c3)c2C(=O)O)c(Cl)c1Cl. The highest BCUT2D eigenvalue weighted by Crippen LogP contribution is 2.41. The van der Waals surface area contributed by atoms with Gasteiger partial charge in [0.15, 0.2) is 5.75 Å². The molecule has 0 atom stereocenters. The van der Waals surface area contributed by atoms with Crippen molar-refractivity contribution in [3.63, 3.8) is 0 Å². The van der Waals surface area contributed by atoms with Gasteiger partial charge in [-0.25, -0.2) is 4.79 Å². The van der Waals surface area contributed by atoms with Crippen molar-refractivity contribution in [3.05, 3.63) is 65.5 Å². The van der Waals surface area contributed by atoms with Crippen LogP contribution in [0.25, 0.3) is 10.4 Å². The van der Waals surface area contributed by atoms with Gasteiger partial charge in [-0.15, -0.1) is 11.3 Å². The largest absolute Gasteiger partial charge is 0.494 e. The van der Waals surface area contributed by atoms with Crippen molar-refractivity contribution >= 4 is 86.3 Å². The van der Waals surface area contributed by atoms with E-state index >= 15 is 0 Å². The lowest BCUT2D eigenvalue weighted by Crippen LogP contribution is -2.15. The molecule has 0 saturated heterocycles. The molecule has 0 aliphatic heterocycles. The third-order valence-electron chi connectivity index (χ3n) is 3.91. The Morgan fingerprint density at radius 3 is 2.52 bits per heavy atom. The number of nitrogens with one attached hydrogen (secondary N) is 1. The molecule has 1 amide bonds. The lowest BCUT2D eigenvalue weighted by molar-refractivity contribution is 0.0699. The second kappa shape index (κ2) is 9.09. The van der Waals surface area contributed by atoms with E-state index in [4.69, 9.17) is 39.5 Å². The zero-order valence-electron chi connectivity index (χ0n) is 14.6. The average molecular weight is 583 g/mol. The van der Waals surface area contributed by atoms with Crippen LogP contribution in [0, 0.1) is 3.57 Å².